The predicted octanol–water partition coefficient (Wildman–Crippen LogP) is 2.06. The average Bonchev–Trinajstić information content (AvgIpc) is 2.65. The second kappa shape index (κ2) is 5.14. The highest BCUT2D eigenvalue weighted by molar-refractivity contribution is 7.11. The van der Waals surface area contributed by atoms with Gasteiger partial charge in [-0.2, -0.15) is 4.37 Å². The minimum absolute atomic E-state index is 0.229. The quantitative estimate of drug-likeness (QED) is 0.782. The summed E-state index contributed by atoms with van der Waals surface area (Å²) in [6.45, 7) is 4.56. The molecule has 1 saturated carbocycles. The molecule has 18 heavy (non-hydrogen) atoms. The first kappa shape index (κ1) is 13.1. The van der Waals surface area contributed by atoms with Gasteiger partial charge in [0.15, 0.2) is 5.82 Å². The van der Waals surface area contributed by atoms with E-state index in [4.69, 9.17) is 11.5 Å². The molecular formula is C12H20N4OS. The predicted molar refractivity (Wildman–Crippen MR) is 74.6 cm³/mol. The fourth-order valence-electron chi connectivity index (χ4n) is 2.50. The van der Waals surface area contributed by atoms with Crippen LogP contribution in [0.15, 0.2) is 0 Å². The summed E-state index contributed by atoms with van der Waals surface area (Å²) in [6, 6.07) is 0.383. The Morgan fingerprint density at radius 3 is 2.72 bits per heavy atom. The van der Waals surface area contributed by atoms with Crippen LogP contribution in [0.2, 0.25) is 0 Å². The normalized spacial score (nSPS) is 28.0. The Kier molecular flexibility index (Phi) is 3.75. The molecule has 5 nitrogen and oxygen atoms in total. The van der Waals surface area contributed by atoms with Crippen molar-refractivity contribution >= 4 is 28.3 Å². The number of hydrogen-bond acceptors (Lipinski definition) is 5. The molecule has 0 aliphatic heterocycles. The Morgan fingerprint density at radius 2 is 2.11 bits per heavy atom. The number of aromatic nitrogens is 1. The fraction of sp³-hybridized carbons (Fsp3) is 0.667. The zero-order chi connectivity index (χ0) is 13.3. The molecule has 1 aliphatic carbocycles. The van der Waals surface area contributed by atoms with E-state index in [1.165, 1.54) is 18.0 Å². The number of anilines is 2. The van der Waals surface area contributed by atoms with Gasteiger partial charge in [-0.3, -0.25) is 4.79 Å². The van der Waals surface area contributed by atoms with Crippen molar-refractivity contribution in [3.05, 3.63) is 5.56 Å². The summed E-state index contributed by atoms with van der Waals surface area (Å²) < 4.78 is 3.99. The minimum Gasteiger partial charge on any atom is -0.382 e. The van der Waals surface area contributed by atoms with Crippen LogP contribution in [0.3, 0.4) is 0 Å². The lowest BCUT2D eigenvalue weighted by Crippen LogP contribution is -2.30. The van der Waals surface area contributed by atoms with E-state index in [1.807, 2.05) is 0 Å². The van der Waals surface area contributed by atoms with Gasteiger partial charge in [0.1, 0.15) is 10.6 Å². The lowest BCUT2D eigenvalue weighted by molar-refractivity contribution is 0.100. The van der Waals surface area contributed by atoms with E-state index < -0.39 is 5.91 Å². The van der Waals surface area contributed by atoms with Crippen LogP contribution in [0, 0.1) is 11.8 Å². The van der Waals surface area contributed by atoms with Gasteiger partial charge in [-0.1, -0.05) is 13.8 Å². The maximum atomic E-state index is 11.3. The molecule has 1 aliphatic rings. The number of nitrogens with one attached hydrogen (secondary N) is 1. The first-order valence-corrected chi connectivity index (χ1v) is 7.07. The van der Waals surface area contributed by atoms with Crippen LogP contribution in [0.5, 0.6) is 0 Å². The molecule has 0 radical (unpaired) electrons. The van der Waals surface area contributed by atoms with Crippen LogP contribution in [-0.2, 0) is 0 Å². The van der Waals surface area contributed by atoms with E-state index in [0.717, 1.165) is 18.8 Å². The molecule has 0 spiro atoms. The molecule has 1 fully saturated rings. The molecule has 1 heterocycles. The molecule has 1 amide bonds. The smallest absolute Gasteiger partial charge is 0.255 e. The molecule has 1 aromatic rings. The molecule has 1 aromatic heterocycles. The Hall–Kier alpha value is -1.30. The third kappa shape index (κ3) is 2.58. The summed E-state index contributed by atoms with van der Waals surface area (Å²) in [4.78, 5) is 11.3. The highest BCUT2D eigenvalue weighted by Gasteiger charge is 2.26. The van der Waals surface area contributed by atoms with Gasteiger partial charge in [-0.25, -0.2) is 0 Å². The van der Waals surface area contributed by atoms with Crippen molar-refractivity contribution in [2.24, 2.45) is 17.6 Å². The maximum Gasteiger partial charge on any atom is 0.255 e. The number of nitrogens with two attached hydrogens (primary N) is 2. The summed E-state index contributed by atoms with van der Waals surface area (Å²) in [5.41, 5.74) is 11.3. The first-order chi connectivity index (χ1) is 8.49. The standard InChI is InChI=1S/C12H20N4OS/c1-6-3-4-8(5-7(6)2)15-12-9(11(14)17)10(13)16-18-12/h6-8,15H,3-5H2,1-2H3,(H2,13,16)(H2,14,17). The lowest BCUT2D eigenvalue weighted by Gasteiger charge is -2.32. The van der Waals surface area contributed by atoms with Gasteiger partial charge in [0.2, 0.25) is 0 Å². The van der Waals surface area contributed by atoms with E-state index in [2.05, 4.69) is 23.5 Å². The summed E-state index contributed by atoms with van der Waals surface area (Å²) in [7, 11) is 0. The monoisotopic (exact) mass is 268 g/mol. The Morgan fingerprint density at radius 1 is 1.39 bits per heavy atom. The molecule has 0 saturated heterocycles. The molecule has 0 bridgehead atoms. The Balaban J connectivity index is 2.08. The SMILES string of the molecule is CC1CCC(Nc2snc(N)c2C(N)=O)CC1C. The van der Waals surface area contributed by atoms with Crippen LogP contribution in [0.25, 0.3) is 0 Å². The van der Waals surface area contributed by atoms with Crippen molar-refractivity contribution in [3.8, 4) is 0 Å². The summed E-state index contributed by atoms with van der Waals surface area (Å²) in [6.07, 6.45) is 3.43. The molecule has 6 heteroatoms. The third-order valence-corrected chi connectivity index (χ3v) is 4.69. The molecule has 3 unspecified atom stereocenters. The van der Waals surface area contributed by atoms with Gasteiger partial charge in [-0.05, 0) is 42.6 Å². The van der Waals surface area contributed by atoms with Crippen molar-refractivity contribution in [3.63, 3.8) is 0 Å². The van der Waals surface area contributed by atoms with Crippen LogP contribution in [-0.4, -0.2) is 16.3 Å². The van der Waals surface area contributed by atoms with Crippen molar-refractivity contribution < 1.29 is 4.79 Å². The largest absolute Gasteiger partial charge is 0.382 e. The molecule has 5 N–H and O–H groups in total. The van der Waals surface area contributed by atoms with Gasteiger partial charge in [0, 0.05) is 6.04 Å². The van der Waals surface area contributed by atoms with E-state index in [-0.39, 0.29) is 5.82 Å². The Labute approximate surface area is 111 Å². The topological polar surface area (TPSA) is 94.0 Å². The number of nitrogen functional groups attached to an aromatic ring is 1. The Bertz CT molecular complexity index is 445. The molecule has 100 valence electrons. The van der Waals surface area contributed by atoms with Crippen LogP contribution in [0.4, 0.5) is 10.8 Å². The van der Waals surface area contributed by atoms with Crippen molar-refractivity contribution in [2.45, 2.75) is 39.2 Å². The van der Waals surface area contributed by atoms with Crippen molar-refractivity contribution in [1.82, 2.24) is 4.37 Å². The lowest BCUT2D eigenvalue weighted by atomic mass is 9.79. The van der Waals surface area contributed by atoms with Gasteiger partial charge in [0.05, 0.1) is 0 Å². The number of rotatable bonds is 3. The fourth-order valence-corrected chi connectivity index (χ4v) is 3.30. The molecular weight excluding hydrogens is 248 g/mol. The summed E-state index contributed by atoms with van der Waals surface area (Å²) in [5, 5.41) is 4.09. The number of primary amides is 1. The van der Waals surface area contributed by atoms with E-state index in [9.17, 15) is 4.79 Å². The van der Waals surface area contributed by atoms with E-state index in [1.54, 1.807) is 0 Å². The first-order valence-electron chi connectivity index (χ1n) is 6.30. The van der Waals surface area contributed by atoms with Gasteiger partial charge >= 0.3 is 0 Å². The average molecular weight is 268 g/mol. The van der Waals surface area contributed by atoms with Crippen LogP contribution in [0.1, 0.15) is 43.5 Å². The second-order valence-electron chi connectivity index (χ2n) is 5.25. The number of amides is 1. The van der Waals surface area contributed by atoms with E-state index >= 15 is 0 Å². The summed E-state index contributed by atoms with van der Waals surface area (Å²) >= 11 is 1.21. The van der Waals surface area contributed by atoms with E-state index in [0.29, 0.717) is 22.5 Å². The molecule has 0 aromatic carbocycles. The zero-order valence-corrected chi connectivity index (χ0v) is 11.6. The molecule has 2 rings (SSSR count). The van der Waals surface area contributed by atoms with Crippen LogP contribution >= 0.6 is 11.5 Å². The van der Waals surface area contributed by atoms with Gasteiger partial charge in [-0.15, -0.1) is 0 Å². The van der Waals surface area contributed by atoms with Crippen molar-refractivity contribution in [2.75, 3.05) is 11.1 Å². The minimum atomic E-state index is -0.513. The van der Waals surface area contributed by atoms with Crippen molar-refractivity contribution in [1.29, 1.82) is 0 Å². The number of nitrogens with zero attached hydrogens (tertiary/aromatic N) is 1. The molecule has 3 atom stereocenters. The highest BCUT2D eigenvalue weighted by atomic mass is 32.1. The highest BCUT2D eigenvalue weighted by Crippen LogP contribution is 2.33. The zero-order valence-electron chi connectivity index (χ0n) is 10.8. The number of hydrogen-bond donors (Lipinski definition) is 3. The number of carbonyl (C=O) groups excluding carboxylic acids is 1. The number of carbonyl (C=O) groups is 1. The van der Waals surface area contributed by atoms with Gasteiger partial charge in [0.25, 0.3) is 5.91 Å². The second-order valence-corrected chi connectivity index (χ2v) is 6.02. The summed E-state index contributed by atoms with van der Waals surface area (Å²) in [5.74, 6) is 1.18. The third-order valence-electron chi connectivity index (χ3n) is 3.90. The maximum absolute atomic E-state index is 11.3. The van der Waals surface area contributed by atoms with Gasteiger partial charge < -0.3 is 16.8 Å². The van der Waals surface area contributed by atoms with Crippen LogP contribution < -0.4 is 16.8 Å².